The number of halogens is 1. The summed E-state index contributed by atoms with van der Waals surface area (Å²) in [5.41, 5.74) is 4.07. The van der Waals surface area contributed by atoms with Crippen molar-refractivity contribution >= 4 is 11.5 Å². The van der Waals surface area contributed by atoms with Gasteiger partial charge in [-0.25, -0.2) is 14.4 Å². The van der Waals surface area contributed by atoms with E-state index in [0.29, 0.717) is 23.0 Å². The summed E-state index contributed by atoms with van der Waals surface area (Å²) >= 11 is 0. The lowest BCUT2D eigenvalue weighted by atomic mass is 10.1. The molecule has 0 saturated carbocycles. The molecule has 0 unspecified atom stereocenters. The van der Waals surface area contributed by atoms with Gasteiger partial charge in [0, 0.05) is 29.7 Å². The maximum absolute atomic E-state index is 14.5. The Hall–Kier alpha value is -4.05. The van der Waals surface area contributed by atoms with Crippen LogP contribution in [0.1, 0.15) is 5.56 Å². The van der Waals surface area contributed by atoms with Gasteiger partial charge in [0.05, 0.1) is 28.6 Å². The number of hydrogen-bond acceptors (Lipinski definition) is 5. The summed E-state index contributed by atoms with van der Waals surface area (Å²) in [6.07, 6.45) is 5.08. The van der Waals surface area contributed by atoms with Crippen LogP contribution in [0.3, 0.4) is 0 Å². The number of H-pyrrole nitrogens is 1. The second-order valence-corrected chi connectivity index (χ2v) is 6.03. The van der Waals surface area contributed by atoms with Crippen LogP contribution in [0, 0.1) is 17.1 Å². The van der Waals surface area contributed by atoms with E-state index in [1.807, 2.05) is 24.3 Å². The fraction of sp³-hybridized carbons (Fsp3) is 0. The molecule has 7 heteroatoms. The molecule has 128 valence electrons. The second kappa shape index (κ2) is 5.75. The van der Waals surface area contributed by atoms with Gasteiger partial charge in [-0.3, -0.25) is 4.98 Å². The SMILES string of the molecule is N#Cc1cccc(F)c1-c1nc2c([nH]1)-c1cnccc1Nc1ncccc1-2. The minimum absolute atomic E-state index is 0.150. The van der Waals surface area contributed by atoms with Gasteiger partial charge in [0.1, 0.15) is 23.2 Å². The van der Waals surface area contributed by atoms with Crippen LogP contribution in [-0.2, 0) is 0 Å². The highest BCUT2D eigenvalue weighted by Crippen LogP contribution is 2.43. The highest BCUT2D eigenvalue weighted by atomic mass is 19.1. The molecule has 1 aliphatic heterocycles. The molecule has 5 rings (SSSR count). The number of nitrogens with one attached hydrogen (secondary N) is 2. The van der Waals surface area contributed by atoms with Crippen LogP contribution >= 0.6 is 0 Å². The van der Waals surface area contributed by atoms with Crippen molar-refractivity contribution in [3.8, 4) is 40.0 Å². The van der Waals surface area contributed by atoms with Gasteiger partial charge in [0.2, 0.25) is 0 Å². The van der Waals surface area contributed by atoms with Crippen molar-refractivity contribution in [1.82, 2.24) is 19.9 Å². The van der Waals surface area contributed by atoms with E-state index in [0.717, 1.165) is 16.8 Å². The lowest BCUT2D eigenvalue weighted by molar-refractivity contribution is 0.630. The van der Waals surface area contributed by atoms with Gasteiger partial charge in [-0.1, -0.05) is 6.07 Å². The number of nitrogens with zero attached hydrogens (tertiary/aromatic N) is 4. The highest BCUT2D eigenvalue weighted by Gasteiger charge is 2.25. The van der Waals surface area contributed by atoms with Gasteiger partial charge in [0.25, 0.3) is 0 Å². The summed E-state index contributed by atoms with van der Waals surface area (Å²) in [4.78, 5) is 16.4. The van der Waals surface area contributed by atoms with Crippen LogP contribution in [0.4, 0.5) is 15.9 Å². The Labute approximate surface area is 153 Å². The molecule has 4 aromatic rings. The summed E-state index contributed by atoms with van der Waals surface area (Å²) < 4.78 is 14.5. The van der Waals surface area contributed by atoms with Crippen LogP contribution in [0.5, 0.6) is 0 Å². The largest absolute Gasteiger partial charge is 0.339 e. The van der Waals surface area contributed by atoms with Crippen LogP contribution in [-0.4, -0.2) is 19.9 Å². The van der Waals surface area contributed by atoms with E-state index in [9.17, 15) is 9.65 Å². The lowest BCUT2D eigenvalue weighted by Crippen LogP contribution is -1.96. The summed E-state index contributed by atoms with van der Waals surface area (Å²) in [7, 11) is 0. The summed E-state index contributed by atoms with van der Waals surface area (Å²) in [6, 6.07) is 12.0. The number of aromatic amines is 1. The molecule has 3 aromatic heterocycles. The number of rotatable bonds is 1. The third-order valence-corrected chi connectivity index (χ3v) is 4.48. The number of nitriles is 1. The van der Waals surface area contributed by atoms with Crippen molar-refractivity contribution in [1.29, 1.82) is 5.26 Å². The molecule has 0 amide bonds. The number of imidazole rings is 1. The van der Waals surface area contributed by atoms with Gasteiger partial charge in [-0.2, -0.15) is 5.26 Å². The number of fused-ring (bicyclic) bond motifs is 5. The fourth-order valence-corrected chi connectivity index (χ4v) is 3.27. The molecule has 0 bridgehead atoms. The number of anilines is 2. The first kappa shape index (κ1) is 15.2. The number of hydrogen-bond donors (Lipinski definition) is 2. The minimum atomic E-state index is -0.506. The van der Waals surface area contributed by atoms with Crippen molar-refractivity contribution < 1.29 is 4.39 Å². The average Bonchev–Trinajstić information content (AvgIpc) is 3.08. The molecular weight excluding hydrogens is 343 g/mol. The van der Waals surface area contributed by atoms with Crippen molar-refractivity contribution in [2.75, 3.05) is 5.32 Å². The van der Waals surface area contributed by atoms with Crippen molar-refractivity contribution in [3.63, 3.8) is 0 Å². The smallest absolute Gasteiger partial charge is 0.142 e. The van der Waals surface area contributed by atoms with Gasteiger partial charge >= 0.3 is 0 Å². The Morgan fingerprint density at radius 3 is 2.85 bits per heavy atom. The highest BCUT2D eigenvalue weighted by molar-refractivity contribution is 5.95. The van der Waals surface area contributed by atoms with Crippen LogP contribution in [0.2, 0.25) is 0 Å². The van der Waals surface area contributed by atoms with E-state index in [-0.39, 0.29) is 11.1 Å². The van der Waals surface area contributed by atoms with Crippen molar-refractivity contribution in [3.05, 3.63) is 66.4 Å². The topological polar surface area (TPSA) is 90.3 Å². The zero-order valence-electron chi connectivity index (χ0n) is 13.9. The van der Waals surface area contributed by atoms with E-state index < -0.39 is 5.82 Å². The monoisotopic (exact) mass is 354 g/mol. The Kier molecular flexibility index (Phi) is 3.24. The maximum Gasteiger partial charge on any atom is 0.142 e. The molecule has 2 N–H and O–H groups in total. The number of benzene rings is 1. The molecule has 0 radical (unpaired) electrons. The quantitative estimate of drug-likeness (QED) is 0.469. The second-order valence-electron chi connectivity index (χ2n) is 6.03. The van der Waals surface area contributed by atoms with Gasteiger partial charge < -0.3 is 10.3 Å². The lowest BCUT2D eigenvalue weighted by Gasteiger charge is -2.08. The maximum atomic E-state index is 14.5. The predicted octanol–water partition coefficient (Wildman–Crippen LogP) is 4.27. The summed E-state index contributed by atoms with van der Waals surface area (Å²) in [5, 5.41) is 12.7. The number of aromatic nitrogens is 4. The zero-order chi connectivity index (χ0) is 18.4. The molecule has 0 saturated heterocycles. The van der Waals surface area contributed by atoms with E-state index >= 15 is 0 Å². The summed E-state index contributed by atoms with van der Waals surface area (Å²) in [5.74, 6) is 0.436. The van der Waals surface area contributed by atoms with Crippen LogP contribution in [0.15, 0.2) is 55.0 Å². The minimum Gasteiger partial charge on any atom is -0.339 e. The average molecular weight is 354 g/mol. The van der Waals surface area contributed by atoms with E-state index in [1.54, 1.807) is 24.7 Å². The van der Waals surface area contributed by atoms with Crippen LogP contribution in [0.25, 0.3) is 33.9 Å². The molecule has 6 nitrogen and oxygen atoms in total. The standard InChI is InChI=1S/C20H11FN6/c21-14-5-1-3-11(9-22)16(14)20-26-17-12-4-2-7-24-19(12)25-15-6-8-23-10-13(15)18(17)27-20/h1-8,10H,(H,24,25)(H,26,27). The molecule has 4 heterocycles. The van der Waals surface area contributed by atoms with Crippen LogP contribution < -0.4 is 5.32 Å². The molecular formula is C20H11FN6. The normalized spacial score (nSPS) is 11.4. The molecule has 27 heavy (non-hydrogen) atoms. The molecule has 0 atom stereocenters. The Morgan fingerprint density at radius 2 is 1.96 bits per heavy atom. The Balaban J connectivity index is 1.84. The number of pyridine rings is 2. The molecule has 1 aliphatic rings. The van der Waals surface area contributed by atoms with Gasteiger partial charge in [0.15, 0.2) is 0 Å². The molecule has 0 spiro atoms. The molecule has 0 aliphatic carbocycles. The first-order valence-electron chi connectivity index (χ1n) is 8.22. The fourth-order valence-electron chi connectivity index (χ4n) is 3.27. The zero-order valence-corrected chi connectivity index (χ0v) is 13.9. The van der Waals surface area contributed by atoms with Crippen molar-refractivity contribution in [2.24, 2.45) is 0 Å². The first-order chi connectivity index (χ1) is 13.3. The van der Waals surface area contributed by atoms with E-state index in [4.69, 9.17) is 0 Å². The third kappa shape index (κ3) is 2.28. The van der Waals surface area contributed by atoms with E-state index in [1.165, 1.54) is 12.1 Å². The Morgan fingerprint density at radius 1 is 1.04 bits per heavy atom. The molecule has 1 aromatic carbocycles. The van der Waals surface area contributed by atoms with Gasteiger partial charge in [-0.05, 0) is 30.3 Å². The first-order valence-corrected chi connectivity index (χ1v) is 8.22. The van der Waals surface area contributed by atoms with Crippen molar-refractivity contribution in [2.45, 2.75) is 0 Å². The van der Waals surface area contributed by atoms with E-state index in [2.05, 4.69) is 25.3 Å². The molecule has 0 fully saturated rings. The summed E-state index contributed by atoms with van der Waals surface area (Å²) in [6.45, 7) is 0. The Bertz CT molecular complexity index is 1170. The predicted molar refractivity (Wildman–Crippen MR) is 98.4 cm³/mol. The van der Waals surface area contributed by atoms with Gasteiger partial charge in [-0.15, -0.1) is 0 Å². The third-order valence-electron chi connectivity index (χ3n) is 4.48.